The van der Waals surface area contributed by atoms with Gasteiger partial charge in [-0.1, -0.05) is 23.7 Å². The van der Waals surface area contributed by atoms with Crippen LogP contribution in [0.1, 0.15) is 0 Å². The van der Waals surface area contributed by atoms with Gasteiger partial charge in [0.1, 0.15) is 5.58 Å². The summed E-state index contributed by atoms with van der Waals surface area (Å²) in [5, 5.41) is 3.03. The lowest BCUT2D eigenvalue weighted by molar-refractivity contribution is 0.616. The van der Waals surface area contributed by atoms with E-state index in [9.17, 15) is 0 Å². The number of nitrogens with one attached hydrogen (secondary N) is 1. The zero-order valence-corrected chi connectivity index (χ0v) is 10.7. The van der Waals surface area contributed by atoms with Crippen LogP contribution in [-0.4, -0.2) is 4.98 Å². The van der Waals surface area contributed by atoms with Crippen molar-refractivity contribution >= 4 is 33.5 Å². The Labute approximate surface area is 114 Å². The Morgan fingerprint density at radius 2 is 1.95 bits per heavy atom. The average molecular weight is 268 g/mol. The van der Waals surface area contributed by atoms with E-state index in [1.54, 1.807) is 6.26 Å². The van der Waals surface area contributed by atoms with E-state index < -0.39 is 0 Å². The summed E-state index contributed by atoms with van der Waals surface area (Å²) in [4.78, 5) is 3.26. The molecule has 0 spiro atoms. The van der Waals surface area contributed by atoms with Gasteiger partial charge in [0.25, 0.3) is 0 Å². The zero-order valence-electron chi connectivity index (χ0n) is 9.98. The maximum atomic E-state index is 6.00. The molecule has 3 heteroatoms. The second-order valence-corrected chi connectivity index (χ2v) is 5.00. The van der Waals surface area contributed by atoms with Crippen LogP contribution in [0.4, 0.5) is 0 Å². The van der Waals surface area contributed by atoms with Gasteiger partial charge >= 0.3 is 0 Å². The fourth-order valence-electron chi connectivity index (χ4n) is 2.47. The molecule has 2 heterocycles. The Morgan fingerprint density at radius 3 is 2.89 bits per heavy atom. The van der Waals surface area contributed by atoms with Crippen LogP contribution >= 0.6 is 11.6 Å². The molecular weight excluding hydrogens is 258 g/mol. The highest BCUT2D eigenvalue weighted by atomic mass is 35.5. The first-order valence-electron chi connectivity index (χ1n) is 6.05. The molecule has 4 aromatic rings. The van der Waals surface area contributed by atoms with Crippen molar-refractivity contribution in [1.82, 2.24) is 4.98 Å². The number of aromatic amines is 1. The normalized spacial score (nSPS) is 11.4. The van der Waals surface area contributed by atoms with E-state index in [0.29, 0.717) is 0 Å². The fourth-order valence-corrected chi connectivity index (χ4v) is 2.64. The number of hydrogen-bond acceptors (Lipinski definition) is 1. The first-order valence-corrected chi connectivity index (χ1v) is 6.43. The maximum absolute atomic E-state index is 6.00. The lowest BCUT2D eigenvalue weighted by atomic mass is 10.0. The molecule has 92 valence electrons. The van der Waals surface area contributed by atoms with E-state index in [1.807, 2.05) is 36.5 Å². The van der Waals surface area contributed by atoms with Crippen LogP contribution in [0.15, 0.2) is 59.3 Å². The predicted molar refractivity (Wildman–Crippen MR) is 78.5 cm³/mol. The number of fused-ring (bicyclic) bond motifs is 2. The van der Waals surface area contributed by atoms with E-state index in [4.69, 9.17) is 16.0 Å². The van der Waals surface area contributed by atoms with Crippen molar-refractivity contribution in [2.45, 2.75) is 0 Å². The summed E-state index contributed by atoms with van der Waals surface area (Å²) in [6.07, 6.45) is 3.73. The Bertz CT molecular complexity index is 888. The molecule has 0 aliphatic heterocycles. The van der Waals surface area contributed by atoms with E-state index in [0.717, 1.165) is 21.5 Å². The maximum Gasteiger partial charge on any atom is 0.133 e. The molecule has 2 aromatic carbocycles. The minimum atomic E-state index is 0.742. The lowest BCUT2D eigenvalue weighted by Crippen LogP contribution is -1.75. The number of halogens is 1. The molecular formula is C16H10ClNO. The summed E-state index contributed by atoms with van der Waals surface area (Å²) in [5.74, 6) is 0. The highest BCUT2D eigenvalue weighted by Gasteiger charge is 2.07. The molecule has 0 aliphatic carbocycles. The van der Waals surface area contributed by atoms with Crippen molar-refractivity contribution in [1.29, 1.82) is 0 Å². The van der Waals surface area contributed by atoms with Gasteiger partial charge in [-0.25, -0.2) is 0 Å². The molecule has 0 bridgehead atoms. The highest BCUT2D eigenvalue weighted by molar-refractivity contribution is 6.31. The topological polar surface area (TPSA) is 28.9 Å². The quantitative estimate of drug-likeness (QED) is 0.502. The van der Waals surface area contributed by atoms with Gasteiger partial charge in [-0.2, -0.15) is 0 Å². The molecule has 0 fully saturated rings. The van der Waals surface area contributed by atoms with Gasteiger partial charge in [0.05, 0.1) is 6.26 Å². The molecule has 2 nitrogen and oxygen atoms in total. The number of H-pyrrole nitrogens is 1. The van der Waals surface area contributed by atoms with Gasteiger partial charge in [0.2, 0.25) is 0 Å². The predicted octanol–water partition coefficient (Wildman–Crippen LogP) is 5.23. The first-order chi connectivity index (χ1) is 9.31. The summed E-state index contributed by atoms with van der Waals surface area (Å²) >= 11 is 6.00. The number of aromatic nitrogens is 1. The molecule has 4 rings (SSSR count). The van der Waals surface area contributed by atoms with Crippen molar-refractivity contribution in [2.75, 3.05) is 0 Å². The number of furan rings is 1. The molecule has 0 aliphatic rings. The average Bonchev–Trinajstić information content (AvgIpc) is 3.02. The Hall–Kier alpha value is -2.19. The fraction of sp³-hybridized carbons (Fsp3) is 0. The monoisotopic (exact) mass is 267 g/mol. The molecule has 1 N–H and O–H groups in total. The third-order valence-electron chi connectivity index (χ3n) is 3.41. The lowest BCUT2D eigenvalue weighted by Gasteiger charge is -2.00. The Kier molecular flexibility index (Phi) is 2.20. The molecule has 0 saturated heterocycles. The SMILES string of the molecule is Clc1ccc2c(-c3ccc4occc4c3)c[nH]c2c1. The van der Waals surface area contributed by atoms with Gasteiger partial charge in [-0.15, -0.1) is 0 Å². The Morgan fingerprint density at radius 1 is 1.00 bits per heavy atom. The van der Waals surface area contributed by atoms with Gasteiger partial charge in [-0.3, -0.25) is 0 Å². The van der Waals surface area contributed by atoms with Crippen LogP contribution in [0.5, 0.6) is 0 Å². The van der Waals surface area contributed by atoms with Crippen LogP contribution in [-0.2, 0) is 0 Å². The molecule has 0 amide bonds. The van der Waals surface area contributed by atoms with Crippen LogP contribution in [0.25, 0.3) is 33.0 Å². The number of hydrogen-bond donors (Lipinski definition) is 1. The van der Waals surface area contributed by atoms with E-state index in [-0.39, 0.29) is 0 Å². The van der Waals surface area contributed by atoms with E-state index in [1.165, 1.54) is 16.5 Å². The van der Waals surface area contributed by atoms with Crippen LogP contribution in [0.2, 0.25) is 5.02 Å². The van der Waals surface area contributed by atoms with Crippen LogP contribution in [0.3, 0.4) is 0 Å². The summed E-state index contributed by atoms with van der Waals surface area (Å²) in [7, 11) is 0. The highest BCUT2D eigenvalue weighted by Crippen LogP contribution is 2.32. The van der Waals surface area contributed by atoms with Crippen molar-refractivity contribution in [3.8, 4) is 11.1 Å². The molecule has 19 heavy (non-hydrogen) atoms. The van der Waals surface area contributed by atoms with Crippen molar-refractivity contribution in [3.63, 3.8) is 0 Å². The van der Waals surface area contributed by atoms with Crippen molar-refractivity contribution in [3.05, 3.63) is 59.9 Å². The van der Waals surface area contributed by atoms with Crippen LogP contribution in [0, 0.1) is 0 Å². The molecule has 0 saturated carbocycles. The summed E-state index contributed by atoms with van der Waals surface area (Å²) in [6, 6.07) is 14.1. The van der Waals surface area contributed by atoms with Gasteiger partial charge < -0.3 is 9.40 Å². The third kappa shape index (κ3) is 1.65. The van der Waals surface area contributed by atoms with E-state index >= 15 is 0 Å². The zero-order chi connectivity index (χ0) is 12.8. The smallest absolute Gasteiger partial charge is 0.133 e. The van der Waals surface area contributed by atoms with Crippen molar-refractivity contribution in [2.24, 2.45) is 0 Å². The third-order valence-corrected chi connectivity index (χ3v) is 3.64. The molecule has 0 unspecified atom stereocenters. The molecule has 2 aromatic heterocycles. The van der Waals surface area contributed by atoms with Gasteiger partial charge in [0, 0.05) is 33.1 Å². The largest absolute Gasteiger partial charge is 0.464 e. The number of rotatable bonds is 1. The van der Waals surface area contributed by atoms with Crippen molar-refractivity contribution < 1.29 is 4.42 Å². The van der Waals surface area contributed by atoms with Gasteiger partial charge in [-0.05, 0) is 35.9 Å². The first kappa shape index (κ1) is 10.7. The summed E-state index contributed by atoms with van der Waals surface area (Å²) in [6.45, 7) is 0. The van der Waals surface area contributed by atoms with Crippen LogP contribution < -0.4 is 0 Å². The van der Waals surface area contributed by atoms with E-state index in [2.05, 4.69) is 17.1 Å². The minimum Gasteiger partial charge on any atom is -0.464 e. The molecule has 0 radical (unpaired) electrons. The minimum absolute atomic E-state index is 0.742. The summed E-state index contributed by atoms with van der Waals surface area (Å²) < 4.78 is 5.37. The standard InChI is InChI=1S/C16H10ClNO/c17-12-2-3-13-14(9-18-15(13)8-12)10-1-4-16-11(7-10)5-6-19-16/h1-9,18H. The van der Waals surface area contributed by atoms with Gasteiger partial charge in [0.15, 0.2) is 0 Å². The number of benzene rings is 2. The second-order valence-electron chi connectivity index (χ2n) is 4.57. The second kappa shape index (κ2) is 3.90. The Balaban J connectivity index is 1.97. The summed E-state index contributed by atoms with van der Waals surface area (Å²) in [5.41, 5.74) is 4.30. The molecule has 0 atom stereocenters.